The quantitative estimate of drug-likeness (QED) is 0.0964. The number of aromatic amines is 2. The largest absolute Gasteiger partial charge is 0.453 e. The summed E-state index contributed by atoms with van der Waals surface area (Å²) >= 11 is 0. The minimum Gasteiger partial charge on any atom is -0.453 e. The molecule has 0 bridgehead atoms. The van der Waals surface area contributed by atoms with E-state index in [1.165, 1.54) is 14.2 Å². The minimum atomic E-state index is -0.795. The SMILES string of the molecule is CC[C@H](C)[C@H](NC(=O)OC)C(=O)N1CC(C#N)C[C@H]1c1ncc(-c2ccc3cc(-c4ccc(-c5cnc([C@@H]6CC7(CC7)CN6C(=O)[C@@H](NC(=O)OC)C(C)C)[nH]5)cc4)ccc3c2)[nH]1. The smallest absolute Gasteiger partial charge is 0.407 e. The Balaban J connectivity index is 0.963. The normalized spacial score (nSPS) is 20.3. The Morgan fingerprint density at radius 2 is 1.32 bits per heavy atom. The average Bonchev–Trinajstić information content (AvgIpc) is 3.80. The molecular formula is C48H55N9O6. The number of ether oxygens (including phenoxy) is 2. The standard InChI is InChI=1S/C48H55N9O6/c1-7-28(4)41(55-47(61)63-6)45(59)56-25-29(22-49)18-38(56)42-50-24-37(53-42)35-15-14-33-19-32(12-13-34(33)20-35)30-8-10-31(11-9-30)36-23-51-43(52-36)39-21-48(16-17-48)26-57(39)44(58)40(27(2)3)54-46(60)62-5/h8-15,19-20,23-24,27-29,38-41H,7,16-18,21,25-26H2,1-6H3,(H,50,53)(H,51,52)(H,54,60)(H,55,61)/t28-,29?,38-,39-,40-,41-/m0/s1. The second kappa shape index (κ2) is 17.6. The predicted octanol–water partition coefficient (Wildman–Crippen LogP) is 7.91. The van der Waals surface area contributed by atoms with Crippen molar-refractivity contribution >= 4 is 34.8 Å². The number of H-pyrrole nitrogens is 2. The molecule has 63 heavy (non-hydrogen) atoms. The molecule has 3 aliphatic rings. The number of rotatable bonds is 12. The molecule has 15 nitrogen and oxygen atoms in total. The molecule has 1 unspecified atom stereocenters. The number of carbonyl (C=O) groups excluding carboxylic acids is 4. The molecule has 0 radical (unpaired) electrons. The van der Waals surface area contributed by atoms with E-state index in [9.17, 15) is 24.4 Å². The van der Waals surface area contributed by atoms with Gasteiger partial charge in [0.25, 0.3) is 0 Å². The molecule has 3 fully saturated rings. The van der Waals surface area contributed by atoms with E-state index in [1.807, 2.05) is 44.9 Å². The van der Waals surface area contributed by atoms with Gasteiger partial charge in [0.1, 0.15) is 23.7 Å². The van der Waals surface area contributed by atoms with Crippen LogP contribution in [0.3, 0.4) is 0 Å². The summed E-state index contributed by atoms with van der Waals surface area (Å²) in [6, 6.07) is 21.1. The van der Waals surface area contributed by atoms with Crippen LogP contribution in [0.15, 0.2) is 73.1 Å². The van der Waals surface area contributed by atoms with E-state index in [2.05, 4.69) is 81.3 Å². The van der Waals surface area contributed by atoms with Crippen molar-refractivity contribution in [2.75, 3.05) is 27.3 Å². The highest BCUT2D eigenvalue weighted by Gasteiger charge is 2.55. The molecule has 15 heteroatoms. The van der Waals surface area contributed by atoms with Gasteiger partial charge in [-0.25, -0.2) is 19.6 Å². The van der Waals surface area contributed by atoms with Crippen LogP contribution in [0, 0.1) is 34.5 Å². The topological polar surface area (TPSA) is 198 Å². The number of likely N-dealkylation sites (tertiary alicyclic amines) is 2. The van der Waals surface area contributed by atoms with E-state index in [-0.39, 0.29) is 47.6 Å². The predicted molar refractivity (Wildman–Crippen MR) is 236 cm³/mol. The second-order valence-electron chi connectivity index (χ2n) is 17.8. The lowest BCUT2D eigenvalue weighted by molar-refractivity contribution is -0.136. The maximum absolute atomic E-state index is 13.9. The first kappa shape index (κ1) is 43.0. The van der Waals surface area contributed by atoms with Crippen LogP contribution in [0.4, 0.5) is 9.59 Å². The highest BCUT2D eigenvalue weighted by molar-refractivity contribution is 5.91. The maximum atomic E-state index is 13.9. The summed E-state index contributed by atoms with van der Waals surface area (Å²) in [7, 11) is 2.57. The summed E-state index contributed by atoms with van der Waals surface area (Å²) < 4.78 is 9.62. The van der Waals surface area contributed by atoms with E-state index < -0.39 is 30.3 Å². The highest BCUT2D eigenvalue weighted by Crippen LogP contribution is 2.58. The Morgan fingerprint density at radius 3 is 1.90 bits per heavy atom. The lowest BCUT2D eigenvalue weighted by atomic mass is 9.97. The van der Waals surface area contributed by atoms with E-state index >= 15 is 0 Å². The van der Waals surface area contributed by atoms with Crippen LogP contribution in [0.1, 0.15) is 83.5 Å². The van der Waals surface area contributed by atoms with Gasteiger partial charge >= 0.3 is 12.2 Å². The molecule has 1 saturated carbocycles. The third-order valence-electron chi connectivity index (χ3n) is 13.3. The summed E-state index contributed by atoms with van der Waals surface area (Å²) in [6.07, 6.45) is 6.39. The fourth-order valence-electron chi connectivity index (χ4n) is 9.17. The van der Waals surface area contributed by atoms with E-state index in [0.717, 1.165) is 69.5 Å². The lowest BCUT2D eigenvalue weighted by Gasteiger charge is -2.30. The van der Waals surface area contributed by atoms with E-state index in [0.29, 0.717) is 25.2 Å². The molecular weight excluding hydrogens is 799 g/mol. The number of nitrogens with zero attached hydrogens (tertiary/aromatic N) is 5. The van der Waals surface area contributed by atoms with E-state index in [1.54, 1.807) is 11.1 Å². The van der Waals surface area contributed by atoms with Gasteiger partial charge in [-0.2, -0.15) is 5.26 Å². The van der Waals surface area contributed by atoms with Crippen LogP contribution in [0.2, 0.25) is 0 Å². The number of amides is 4. The van der Waals surface area contributed by atoms with Crippen molar-refractivity contribution in [3.05, 3.63) is 84.7 Å². The van der Waals surface area contributed by atoms with Crippen molar-refractivity contribution in [1.29, 1.82) is 5.26 Å². The minimum absolute atomic E-state index is 0.112. The maximum Gasteiger partial charge on any atom is 0.407 e. The molecule has 2 aromatic heterocycles. The number of hydrogen-bond donors (Lipinski definition) is 4. The Hall–Kier alpha value is -6.69. The van der Waals surface area contributed by atoms with Crippen molar-refractivity contribution in [1.82, 2.24) is 40.4 Å². The number of alkyl carbamates (subject to hydrolysis) is 2. The number of aromatic nitrogens is 4. The fraction of sp³-hybridized carbons (Fsp3) is 0.438. The Kier molecular flexibility index (Phi) is 12.0. The molecule has 2 saturated heterocycles. The van der Waals surface area contributed by atoms with Gasteiger partial charge in [0, 0.05) is 18.7 Å². The molecule has 3 aromatic carbocycles. The van der Waals surface area contributed by atoms with Gasteiger partial charge in [0.05, 0.1) is 62.1 Å². The number of fused-ring (bicyclic) bond motifs is 1. The van der Waals surface area contributed by atoms with Crippen molar-refractivity contribution in [2.24, 2.45) is 23.2 Å². The zero-order chi connectivity index (χ0) is 44.6. The summed E-state index contributed by atoms with van der Waals surface area (Å²) in [4.78, 5) is 72.1. The van der Waals surface area contributed by atoms with Crippen molar-refractivity contribution in [2.45, 2.75) is 84.0 Å². The van der Waals surface area contributed by atoms with Gasteiger partial charge in [0.2, 0.25) is 11.8 Å². The monoisotopic (exact) mass is 853 g/mol. The Labute approximate surface area is 366 Å². The molecule has 6 atom stereocenters. The number of imidazole rings is 2. The molecule has 2 aliphatic heterocycles. The molecule has 4 heterocycles. The molecule has 4 N–H and O–H groups in total. The van der Waals surface area contributed by atoms with Gasteiger partial charge in [-0.3, -0.25) is 9.59 Å². The number of methoxy groups -OCH3 is 2. The number of hydrogen-bond acceptors (Lipinski definition) is 9. The second-order valence-corrected chi connectivity index (χ2v) is 17.8. The summed E-state index contributed by atoms with van der Waals surface area (Å²) in [5.74, 6) is 0.336. The number of carbonyl (C=O) groups is 4. The van der Waals surface area contributed by atoms with Crippen molar-refractivity contribution in [3.63, 3.8) is 0 Å². The van der Waals surface area contributed by atoms with Gasteiger partial charge in [-0.1, -0.05) is 82.6 Å². The fourth-order valence-corrected chi connectivity index (χ4v) is 9.17. The van der Waals surface area contributed by atoms with E-state index in [4.69, 9.17) is 19.4 Å². The van der Waals surface area contributed by atoms with Crippen LogP contribution in [-0.4, -0.2) is 93.1 Å². The first-order valence-corrected chi connectivity index (χ1v) is 21.8. The van der Waals surface area contributed by atoms with Crippen LogP contribution in [-0.2, 0) is 19.1 Å². The first-order chi connectivity index (χ1) is 30.3. The zero-order valence-electron chi connectivity index (χ0n) is 36.6. The van der Waals surface area contributed by atoms with Crippen LogP contribution in [0.25, 0.3) is 44.4 Å². The summed E-state index contributed by atoms with van der Waals surface area (Å²) in [6.45, 7) is 8.60. The Morgan fingerprint density at radius 1 is 0.778 bits per heavy atom. The summed E-state index contributed by atoms with van der Waals surface area (Å²) in [5.41, 5.74) is 5.82. The van der Waals surface area contributed by atoms with Crippen molar-refractivity contribution < 1.29 is 28.7 Å². The van der Waals surface area contributed by atoms with Gasteiger partial charge in [-0.05, 0) is 82.5 Å². The molecule has 5 aromatic rings. The third kappa shape index (κ3) is 8.71. The Bertz CT molecular complexity index is 2550. The van der Waals surface area contributed by atoms with Crippen molar-refractivity contribution in [3.8, 4) is 39.7 Å². The molecule has 4 amide bonds. The van der Waals surface area contributed by atoms with Gasteiger partial charge in [-0.15, -0.1) is 0 Å². The zero-order valence-corrected chi connectivity index (χ0v) is 36.6. The highest BCUT2D eigenvalue weighted by atomic mass is 16.5. The molecule has 1 aliphatic carbocycles. The first-order valence-electron chi connectivity index (χ1n) is 21.8. The molecule has 8 rings (SSSR count). The van der Waals surface area contributed by atoms with Crippen LogP contribution in [0.5, 0.6) is 0 Å². The average molecular weight is 854 g/mol. The van der Waals surface area contributed by atoms with Crippen LogP contribution >= 0.6 is 0 Å². The van der Waals surface area contributed by atoms with Crippen LogP contribution < -0.4 is 10.6 Å². The van der Waals surface area contributed by atoms with Gasteiger partial charge < -0.3 is 39.9 Å². The molecule has 1 spiro atoms. The van der Waals surface area contributed by atoms with Gasteiger partial charge in [0.15, 0.2) is 0 Å². The summed E-state index contributed by atoms with van der Waals surface area (Å²) in [5, 5.41) is 17.4. The third-order valence-corrected chi connectivity index (χ3v) is 13.3. The lowest BCUT2D eigenvalue weighted by Crippen LogP contribution is -2.51. The number of nitriles is 1. The number of benzene rings is 3. The molecule has 328 valence electrons. The number of nitrogens with one attached hydrogen (secondary N) is 4.